The number of aromatic nitrogens is 1. The number of nitrogens with one attached hydrogen (secondary N) is 1. The summed E-state index contributed by atoms with van der Waals surface area (Å²) in [6.45, 7) is 24.6. The molecule has 2 rings (SSSR count). The lowest BCUT2D eigenvalue weighted by Crippen LogP contribution is -2.53. The Bertz CT molecular complexity index is 1110. The van der Waals surface area contributed by atoms with Crippen molar-refractivity contribution in [2.45, 2.75) is 138 Å². The first-order valence-corrected chi connectivity index (χ1v) is 19.0. The maximum absolute atomic E-state index is 14.0. The molecule has 1 amide bonds. The van der Waals surface area contributed by atoms with E-state index in [9.17, 15) is 14.7 Å². The number of nitrogens with zero attached hydrogens (tertiary/aromatic N) is 1. The van der Waals surface area contributed by atoms with Crippen LogP contribution in [-0.2, 0) is 14.0 Å². The molecule has 0 bridgehead atoms. The van der Waals surface area contributed by atoms with Crippen LogP contribution in [0.15, 0.2) is 22.6 Å². The molecule has 0 fully saturated rings. The van der Waals surface area contributed by atoms with E-state index in [2.05, 4.69) is 63.2 Å². The SMILES string of the molecule is C/C1=C/C[C@@H](/C(C)=C/c2csc(C)n2)NC(=O)C[C@H](O[Si](C)(C)C(C)(C)C)C(C)(C)C(=O)[C@@H](C)[C@H](O)[C@@H](C)CCC1. The third-order valence-corrected chi connectivity index (χ3v) is 14.7. The van der Waals surface area contributed by atoms with Crippen LogP contribution < -0.4 is 5.32 Å². The topological polar surface area (TPSA) is 88.5 Å². The minimum atomic E-state index is -2.34. The Balaban J connectivity index is 2.53. The highest BCUT2D eigenvalue weighted by Crippen LogP contribution is 2.42. The summed E-state index contributed by atoms with van der Waals surface area (Å²) in [6.07, 6.45) is 6.37. The molecule has 5 atom stereocenters. The van der Waals surface area contributed by atoms with Gasteiger partial charge in [-0.15, -0.1) is 11.3 Å². The molecule has 0 spiro atoms. The molecular weight excluding hydrogens is 549 g/mol. The van der Waals surface area contributed by atoms with E-state index >= 15 is 0 Å². The molecule has 0 radical (unpaired) electrons. The molecule has 0 saturated carbocycles. The molecule has 41 heavy (non-hydrogen) atoms. The molecule has 2 heterocycles. The monoisotopic (exact) mass is 604 g/mol. The van der Waals surface area contributed by atoms with Crippen molar-refractivity contribution in [3.63, 3.8) is 0 Å². The molecular formula is C33H56N2O4SSi. The molecule has 2 N–H and O–H groups in total. The maximum atomic E-state index is 14.0. The Kier molecular flexibility index (Phi) is 12.4. The van der Waals surface area contributed by atoms with Gasteiger partial charge in [0.15, 0.2) is 8.32 Å². The summed E-state index contributed by atoms with van der Waals surface area (Å²) in [5, 5.41) is 17.4. The molecule has 232 valence electrons. The summed E-state index contributed by atoms with van der Waals surface area (Å²) in [4.78, 5) is 32.4. The second-order valence-electron chi connectivity index (χ2n) is 14.4. The third kappa shape index (κ3) is 9.70. The lowest BCUT2D eigenvalue weighted by atomic mass is 9.73. The number of rotatable bonds is 4. The van der Waals surface area contributed by atoms with Gasteiger partial charge in [0.1, 0.15) is 5.78 Å². The molecule has 1 aromatic rings. The number of carbonyl (C=O) groups is 2. The van der Waals surface area contributed by atoms with Gasteiger partial charge < -0.3 is 14.8 Å². The smallest absolute Gasteiger partial charge is 0.223 e. The summed E-state index contributed by atoms with van der Waals surface area (Å²) in [5.41, 5.74) is 2.24. The van der Waals surface area contributed by atoms with E-state index in [0.29, 0.717) is 6.42 Å². The zero-order valence-corrected chi connectivity index (χ0v) is 29.5. The number of allylic oxidation sites excluding steroid dienone is 1. The fourth-order valence-corrected chi connectivity index (χ4v) is 7.24. The summed E-state index contributed by atoms with van der Waals surface area (Å²) in [5.74, 6) is -0.754. The normalized spacial score (nSPS) is 29.5. The van der Waals surface area contributed by atoms with Crippen LogP contribution in [0.25, 0.3) is 6.08 Å². The van der Waals surface area contributed by atoms with Gasteiger partial charge in [0, 0.05) is 16.7 Å². The molecule has 1 aromatic heterocycles. The van der Waals surface area contributed by atoms with Gasteiger partial charge in [0.2, 0.25) is 5.91 Å². The van der Waals surface area contributed by atoms with E-state index in [0.717, 1.165) is 35.5 Å². The van der Waals surface area contributed by atoms with Gasteiger partial charge in [-0.05, 0) is 82.2 Å². The number of Topliss-reactive ketones (excluding diaryl/α,β-unsaturated/α-hetero) is 1. The van der Waals surface area contributed by atoms with E-state index in [1.807, 2.05) is 46.9 Å². The van der Waals surface area contributed by atoms with Crippen molar-refractivity contribution in [2.75, 3.05) is 0 Å². The number of amides is 1. The zero-order valence-electron chi connectivity index (χ0n) is 27.7. The first-order chi connectivity index (χ1) is 18.8. The number of ketones is 1. The fraction of sp³-hybridized carbons (Fsp3) is 0.727. The van der Waals surface area contributed by atoms with E-state index in [4.69, 9.17) is 4.43 Å². The summed E-state index contributed by atoms with van der Waals surface area (Å²) < 4.78 is 6.87. The zero-order chi connectivity index (χ0) is 31.3. The van der Waals surface area contributed by atoms with Crippen molar-refractivity contribution in [3.05, 3.63) is 33.3 Å². The Hall–Kier alpha value is -1.61. The Morgan fingerprint density at radius 1 is 1.22 bits per heavy atom. The average Bonchev–Trinajstić information content (AvgIpc) is 3.27. The fourth-order valence-electron chi connectivity index (χ4n) is 5.23. The van der Waals surface area contributed by atoms with Crippen LogP contribution in [0.4, 0.5) is 0 Å². The van der Waals surface area contributed by atoms with Crippen LogP contribution in [0, 0.1) is 24.2 Å². The highest BCUT2D eigenvalue weighted by atomic mass is 32.1. The van der Waals surface area contributed by atoms with Gasteiger partial charge in [-0.1, -0.05) is 60.1 Å². The Morgan fingerprint density at radius 2 is 1.85 bits per heavy atom. The molecule has 0 unspecified atom stereocenters. The van der Waals surface area contributed by atoms with Crippen molar-refractivity contribution in [2.24, 2.45) is 17.3 Å². The molecule has 1 aliphatic heterocycles. The van der Waals surface area contributed by atoms with Crippen LogP contribution in [0.3, 0.4) is 0 Å². The third-order valence-electron chi connectivity index (χ3n) is 9.39. The maximum Gasteiger partial charge on any atom is 0.223 e. The summed E-state index contributed by atoms with van der Waals surface area (Å²) in [7, 11) is -2.34. The molecule has 0 aromatic carbocycles. The van der Waals surface area contributed by atoms with E-state index in [1.54, 1.807) is 11.3 Å². The predicted octanol–water partition coefficient (Wildman–Crippen LogP) is 7.87. The standard InChI is InChI=1S/C33H56N2O4SSi/c1-21-14-13-15-22(2)30(37)24(4)31(38)33(9,10)28(39-41(11,12)32(6,7)8)19-29(36)35-27(17-16-21)23(3)18-26-20-40-25(5)34-26/h16,18,20,22,24,27-28,30,37H,13-15,17,19H2,1-12H3,(H,35,36)/b21-16-,23-18+/t22-,24-,27-,28-,30+/m0/s1. The van der Waals surface area contributed by atoms with Gasteiger partial charge in [-0.25, -0.2) is 4.98 Å². The van der Waals surface area contributed by atoms with Crippen molar-refractivity contribution in [1.82, 2.24) is 10.3 Å². The second kappa shape index (κ2) is 14.2. The average molecular weight is 605 g/mol. The van der Waals surface area contributed by atoms with Gasteiger partial charge in [-0.2, -0.15) is 0 Å². The number of thiazole rings is 1. The number of aliphatic hydroxyl groups excluding tert-OH is 1. The molecule has 1 aliphatic rings. The highest BCUT2D eigenvalue weighted by molar-refractivity contribution is 7.09. The van der Waals surface area contributed by atoms with Crippen molar-refractivity contribution < 1.29 is 19.1 Å². The van der Waals surface area contributed by atoms with Crippen LogP contribution in [0.2, 0.25) is 18.1 Å². The summed E-state index contributed by atoms with van der Waals surface area (Å²) >= 11 is 1.61. The largest absolute Gasteiger partial charge is 0.412 e. The number of hydrogen-bond donors (Lipinski definition) is 2. The number of hydrogen-bond acceptors (Lipinski definition) is 6. The Morgan fingerprint density at radius 3 is 2.41 bits per heavy atom. The number of aliphatic hydroxyl groups is 1. The Labute approximate surface area is 254 Å². The lowest BCUT2D eigenvalue weighted by Gasteiger charge is -2.44. The van der Waals surface area contributed by atoms with E-state index in [1.165, 1.54) is 5.57 Å². The van der Waals surface area contributed by atoms with E-state index < -0.39 is 31.9 Å². The molecule has 0 saturated heterocycles. The first-order valence-electron chi connectivity index (χ1n) is 15.2. The van der Waals surface area contributed by atoms with Gasteiger partial charge in [0.25, 0.3) is 0 Å². The first kappa shape index (κ1) is 35.6. The van der Waals surface area contributed by atoms with Crippen LogP contribution >= 0.6 is 11.3 Å². The van der Waals surface area contributed by atoms with Crippen LogP contribution in [-0.4, -0.2) is 48.3 Å². The van der Waals surface area contributed by atoms with E-state index in [-0.39, 0.29) is 35.1 Å². The molecule has 6 nitrogen and oxygen atoms in total. The van der Waals surface area contributed by atoms with Crippen LogP contribution in [0.1, 0.15) is 105 Å². The van der Waals surface area contributed by atoms with Gasteiger partial charge in [-0.3, -0.25) is 9.59 Å². The van der Waals surface area contributed by atoms with Crippen molar-refractivity contribution in [3.8, 4) is 0 Å². The van der Waals surface area contributed by atoms with Crippen molar-refractivity contribution >= 4 is 37.4 Å². The molecule has 0 aliphatic carbocycles. The number of carbonyl (C=O) groups excluding carboxylic acids is 2. The minimum absolute atomic E-state index is 0.00647. The van der Waals surface area contributed by atoms with Crippen LogP contribution in [0.5, 0.6) is 0 Å². The minimum Gasteiger partial charge on any atom is -0.412 e. The second-order valence-corrected chi connectivity index (χ2v) is 20.2. The number of aryl methyl sites for hydroxylation is 1. The predicted molar refractivity (Wildman–Crippen MR) is 174 cm³/mol. The highest BCUT2D eigenvalue weighted by Gasteiger charge is 2.48. The summed E-state index contributed by atoms with van der Waals surface area (Å²) in [6, 6.07) is -0.195. The lowest BCUT2D eigenvalue weighted by molar-refractivity contribution is -0.142. The van der Waals surface area contributed by atoms with Crippen molar-refractivity contribution in [1.29, 1.82) is 0 Å². The van der Waals surface area contributed by atoms with Gasteiger partial charge >= 0.3 is 0 Å². The van der Waals surface area contributed by atoms with Gasteiger partial charge in [0.05, 0.1) is 35.4 Å². The molecule has 8 heteroatoms. The quantitative estimate of drug-likeness (QED) is 0.270.